The summed E-state index contributed by atoms with van der Waals surface area (Å²) >= 11 is 0. The van der Waals surface area contributed by atoms with E-state index >= 15 is 0 Å². The predicted molar refractivity (Wildman–Crippen MR) is 88.8 cm³/mol. The van der Waals surface area contributed by atoms with E-state index in [1.165, 1.54) is 0 Å². The molecule has 2 rings (SSSR count). The van der Waals surface area contributed by atoms with Crippen LogP contribution in [-0.2, 0) is 4.79 Å². The Balaban J connectivity index is 2.41. The average Bonchev–Trinajstić information content (AvgIpc) is 2.57. The van der Waals surface area contributed by atoms with Crippen LogP contribution < -0.4 is 0 Å². The smallest absolute Gasteiger partial charge is 0.317 e. The number of carboxylic acid groups (broad SMARTS) is 1. The van der Waals surface area contributed by atoms with Crippen molar-refractivity contribution in [3.8, 4) is 0 Å². The molecule has 2 N–H and O–H groups in total. The zero-order valence-corrected chi connectivity index (χ0v) is 13.6. The van der Waals surface area contributed by atoms with E-state index in [1.54, 1.807) is 13.0 Å². The largest absolute Gasteiger partial charge is 0.513 e. The number of aliphatic hydroxyl groups is 1. The van der Waals surface area contributed by atoms with Gasteiger partial charge in [-0.3, -0.25) is 4.79 Å². The lowest BCUT2D eigenvalue weighted by Crippen LogP contribution is -2.37. The SMILES string of the molecule is C/C=C(\O)CCC(C(=O)O)(C1=CCCCC1)C1=CCCCC1. The van der Waals surface area contributed by atoms with Gasteiger partial charge in [0.2, 0.25) is 0 Å². The van der Waals surface area contributed by atoms with E-state index in [1.807, 2.05) is 0 Å². The maximum Gasteiger partial charge on any atom is 0.317 e. The third-order valence-corrected chi connectivity index (χ3v) is 5.13. The molecule has 0 spiro atoms. The third kappa shape index (κ3) is 3.45. The van der Waals surface area contributed by atoms with Gasteiger partial charge in [0.1, 0.15) is 5.41 Å². The van der Waals surface area contributed by atoms with Crippen molar-refractivity contribution in [1.82, 2.24) is 0 Å². The van der Waals surface area contributed by atoms with Crippen molar-refractivity contribution >= 4 is 5.97 Å². The summed E-state index contributed by atoms with van der Waals surface area (Å²) in [7, 11) is 0. The summed E-state index contributed by atoms with van der Waals surface area (Å²) in [5.74, 6) is -0.448. The Labute approximate surface area is 133 Å². The number of aliphatic carboxylic acids is 1. The molecular formula is C19H28O3. The van der Waals surface area contributed by atoms with Crippen LogP contribution in [0.25, 0.3) is 0 Å². The van der Waals surface area contributed by atoms with E-state index in [2.05, 4.69) is 12.2 Å². The fourth-order valence-electron chi connectivity index (χ4n) is 3.82. The number of hydrogen-bond acceptors (Lipinski definition) is 2. The lowest BCUT2D eigenvalue weighted by molar-refractivity contribution is -0.145. The van der Waals surface area contributed by atoms with Crippen LogP contribution in [0.5, 0.6) is 0 Å². The van der Waals surface area contributed by atoms with E-state index in [0.29, 0.717) is 18.6 Å². The van der Waals surface area contributed by atoms with E-state index in [4.69, 9.17) is 0 Å². The molecule has 0 unspecified atom stereocenters. The summed E-state index contributed by atoms with van der Waals surface area (Å²) in [6, 6.07) is 0. The van der Waals surface area contributed by atoms with Crippen molar-refractivity contribution in [3.05, 3.63) is 35.1 Å². The topological polar surface area (TPSA) is 57.5 Å². The van der Waals surface area contributed by atoms with Crippen molar-refractivity contribution in [3.63, 3.8) is 0 Å². The Bertz CT molecular complexity index is 471. The molecule has 0 radical (unpaired) electrons. The van der Waals surface area contributed by atoms with Crippen LogP contribution in [0, 0.1) is 5.41 Å². The van der Waals surface area contributed by atoms with Gasteiger partial charge in [-0.25, -0.2) is 0 Å². The molecule has 22 heavy (non-hydrogen) atoms. The standard InChI is InChI=1S/C19H28O3/c1-2-17(20)13-14-19(18(21)22,15-9-5-3-6-10-15)16-11-7-4-8-12-16/h2,9,11,20H,3-8,10,12-14H2,1H3,(H,21,22)/b17-2-. The van der Waals surface area contributed by atoms with E-state index < -0.39 is 11.4 Å². The molecule has 0 saturated heterocycles. The summed E-state index contributed by atoms with van der Waals surface area (Å²) in [6.07, 6.45) is 15.0. The minimum absolute atomic E-state index is 0.290. The Morgan fingerprint density at radius 2 is 1.64 bits per heavy atom. The first-order chi connectivity index (χ1) is 10.6. The Hall–Kier alpha value is -1.51. The van der Waals surface area contributed by atoms with Crippen LogP contribution in [0.15, 0.2) is 35.1 Å². The van der Waals surface area contributed by atoms with E-state index in [-0.39, 0.29) is 0 Å². The van der Waals surface area contributed by atoms with Gasteiger partial charge in [0.25, 0.3) is 0 Å². The van der Waals surface area contributed by atoms with Gasteiger partial charge < -0.3 is 10.2 Å². The molecule has 0 bridgehead atoms. The molecule has 0 aromatic heterocycles. The van der Waals surface area contributed by atoms with Gasteiger partial charge in [0.05, 0.1) is 5.76 Å². The molecular weight excluding hydrogens is 276 g/mol. The van der Waals surface area contributed by atoms with Crippen LogP contribution in [0.2, 0.25) is 0 Å². The summed E-state index contributed by atoms with van der Waals surface area (Å²) in [5.41, 5.74) is 1.25. The highest BCUT2D eigenvalue weighted by Gasteiger charge is 2.45. The average molecular weight is 304 g/mol. The molecule has 0 heterocycles. The fourth-order valence-corrected chi connectivity index (χ4v) is 3.82. The van der Waals surface area contributed by atoms with Crippen molar-refractivity contribution in [2.75, 3.05) is 0 Å². The molecule has 2 aliphatic rings. The third-order valence-electron chi connectivity index (χ3n) is 5.13. The zero-order valence-electron chi connectivity index (χ0n) is 13.6. The molecule has 0 amide bonds. The van der Waals surface area contributed by atoms with Crippen LogP contribution in [-0.4, -0.2) is 16.2 Å². The van der Waals surface area contributed by atoms with E-state index in [9.17, 15) is 15.0 Å². The van der Waals surface area contributed by atoms with Crippen LogP contribution in [0.3, 0.4) is 0 Å². The fraction of sp³-hybridized carbons (Fsp3) is 0.632. The molecule has 0 aromatic rings. The highest BCUT2D eigenvalue weighted by molar-refractivity contribution is 5.83. The monoisotopic (exact) mass is 304 g/mol. The molecule has 0 fully saturated rings. The quantitative estimate of drug-likeness (QED) is 0.517. The molecule has 2 aliphatic carbocycles. The maximum absolute atomic E-state index is 12.3. The van der Waals surface area contributed by atoms with Crippen molar-refractivity contribution < 1.29 is 15.0 Å². The first kappa shape index (κ1) is 16.9. The summed E-state index contributed by atoms with van der Waals surface area (Å²) in [4.78, 5) is 12.3. The summed E-state index contributed by atoms with van der Waals surface area (Å²) < 4.78 is 0. The highest BCUT2D eigenvalue weighted by atomic mass is 16.4. The first-order valence-electron chi connectivity index (χ1n) is 8.58. The Morgan fingerprint density at radius 3 is 2.00 bits per heavy atom. The summed E-state index contributed by atoms with van der Waals surface area (Å²) in [5, 5.41) is 20.0. The van der Waals surface area contributed by atoms with E-state index in [0.717, 1.165) is 62.5 Å². The molecule has 3 nitrogen and oxygen atoms in total. The number of aliphatic hydroxyl groups excluding tert-OH is 1. The zero-order chi connectivity index (χ0) is 16.0. The molecule has 0 saturated carbocycles. The van der Waals surface area contributed by atoms with Crippen LogP contribution in [0.1, 0.15) is 71.1 Å². The minimum atomic E-state index is -0.891. The van der Waals surface area contributed by atoms with Gasteiger partial charge in [-0.2, -0.15) is 0 Å². The van der Waals surface area contributed by atoms with Gasteiger partial charge in [0.15, 0.2) is 0 Å². The minimum Gasteiger partial charge on any atom is -0.513 e. The Morgan fingerprint density at radius 1 is 1.09 bits per heavy atom. The maximum atomic E-state index is 12.3. The second kappa shape index (κ2) is 7.66. The Kier molecular flexibility index (Phi) is 5.87. The lowest BCUT2D eigenvalue weighted by atomic mass is 9.65. The highest BCUT2D eigenvalue weighted by Crippen LogP contribution is 2.48. The van der Waals surface area contributed by atoms with Gasteiger partial charge in [-0.05, 0) is 70.8 Å². The lowest BCUT2D eigenvalue weighted by Gasteiger charge is -2.38. The number of carbonyl (C=O) groups is 1. The molecule has 0 aromatic carbocycles. The van der Waals surface area contributed by atoms with Crippen LogP contribution >= 0.6 is 0 Å². The number of rotatable bonds is 6. The number of carboxylic acids is 1. The van der Waals surface area contributed by atoms with Crippen LogP contribution in [0.4, 0.5) is 0 Å². The molecule has 3 heteroatoms. The summed E-state index contributed by atoms with van der Waals surface area (Å²) in [6.45, 7) is 1.79. The van der Waals surface area contributed by atoms with Crippen molar-refractivity contribution in [2.24, 2.45) is 5.41 Å². The second-order valence-corrected chi connectivity index (χ2v) is 6.44. The van der Waals surface area contributed by atoms with Gasteiger partial charge in [-0.15, -0.1) is 0 Å². The van der Waals surface area contributed by atoms with Gasteiger partial charge in [-0.1, -0.05) is 23.3 Å². The normalized spacial score (nSPS) is 20.3. The number of hydrogen-bond donors (Lipinski definition) is 2. The predicted octanol–water partition coefficient (Wildman–Crippen LogP) is 5.30. The molecule has 0 aliphatic heterocycles. The molecule has 0 atom stereocenters. The van der Waals surface area contributed by atoms with Crippen molar-refractivity contribution in [1.29, 1.82) is 0 Å². The van der Waals surface area contributed by atoms with Crippen molar-refractivity contribution in [2.45, 2.75) is 71.1 Å². The number of allylic oxidation sites excluding steroid dienone is 4. The first-order valence-corrected chi connectivity index (χ1v) is 8.58. The van der Waals surface area contributed by atoms with Gasteiger partial charge >= 0.3 is 5.97 Å². The second-order valence-electron chi connectivity index (χ2n) is 6.44. The molecule has 122 valence electrons. The van der Waals surface area contributed by atoms with Gasteiger partial charge in [0, 0.05) is 6.42 Å².